The molecular formula is C80H53N3. The van der Waals surface area contributed by atoms with Gasteiger partial charge in [-0.3, -0.25) is 0 Å². The molecule has 0 atom stereocenters. The van der Waals surface area contributed by atoms with Crippen LogP contribution in [0.1, 0.15) is 0 Å². The molecule has 83 heavy (non-hydrogen) atoms. The molecule has 1 heterocycles. The van der Waals surface area contributed by atoms with Gasteiger partial charge >= 0.3 is 0 Å². The zero-order valence-electron chi connectivity index (χ0n) is 45.4. The number of aromatic nitrogens is 1. The molecule has 0 unspecified atom stereocenters. The van der Waals surface area contributed by atoms with Gasteiger partial charge in [0.25, 0.3) is 0 Å². The molecule has 0 spiro atoms. The Kier molecular flexibility index (Phi) is 11.5. The number of fused-ring (bicyclic) bond motifs is 11. The van der Waals surface area contributed by atoms with Gasteiger partial charge in [0.15, 0.2) is 0 Å². The largest absolute Gasteiger partial charge is 0.311 e. The molecule has 0 aliphatic rings. The lowest BCUT2D eigenvalue weighted by molar-refractivity contribution is 1.18. The van der Waals surface area contributed by atoms with Crippen molar-refractivity contribution in [1.29, 1.82) is 0 Å². The summed E-state index contributed by atoms with van der Waals surface area (Å²) in [5.74, 6) is 0. The van der Waals surface area contributed by atoms with Gasteiger partial charge in [0.1, 0.15) is 0 Å². The highest BCUT2D eigenvalue weighted by atomic mass is 15.1. The summed E-state index contributed by atoms with van der Waals surface area (Å²) in [7, 11) is 0. The fourth-order valence-corrected chi connectivity index (χ4v) is 13.1. The first-order chi connectivity index (χ1) is 41.2. The van der Waals surface area contributed by atoms with Crippen molar-refractivity contribution in [2.24, 2.45) is 0 Å². The van der Waals surface area contributed by atoms with Crippen molar-refractivity contribution in [3.63, 3.8) is 0 Å². The minimum atomic E-state index is 1.07. The molecule has 15 aromatic carbocycles. The second-order valence-corrected chi connectivity index (χ2v) is 21.6. The van der Waals surface area contributed by atoms with Gasteiger partial charge in [0, 0.05) is 50.3 Å². The van der Waals surface area contributed by atoms with Crippen molar-refractivity contribution in [3.05, 3.63) is 322 Å². The second kappa shape index (κ2) is 20.0. The van der Waals surface area contributed by atoms with Crippen LogP contribution in [0, 0.1) is 0 Å². The van der Waals surface area contributed by atoms with Crippen molar-refractivity contribution in [2.45, 2.75) is 0 Å². The van der Waals surface area contributed by atoms with Crippen LogP contribution in [-0.4, -0.2) is 4.57 Å². The number of para-hydroxylation sites is 2. The molecule has 0 saturated carbocycles. The quantitative estimate of drug-likeness (QED) is 0.126. The fraction of sp³-hybridized carbons (Fsp3) is 0. The lowest BCUT2D eigenvalue weighted by Crippen LogP contribution is -2.10. The standard InChI is InChI=1S/C80H53N3/c1-4-19-55(20-5-1)67-47-50-78(74-33-17-16-28-68(67)74)82(62-42-37-57(38-43-62)66-34-18-22-56-21-10-11-27-65(56)66)63-45-49-80-77(53-63)76-51-58(54-35-40-61(41-36-54)81(59-23-6-2-7-24-59)60-25-8-3-9-26-60)39-48-79(76)83(80)64-44-46-73-71-31-13-12-29-69(71)70-30-14-15-32-72(70)75(73)52-64/h1-53H. The third-order valence-electron chi connectivity index (χ3n) is 16.9. The summed E-state index contributed by atoms with van der Waals surface area (Å²) in [6, 6.07) is 118. The summed E-state index contributed by atoms with van der Waals surface area (Å²) in [5, 5.41) is 14.7. The first kappa shape index (κ1) is 48.0. The molecule has 16 aromatic rings. The molecule has 0 radical (unpaired) electrons. The van der Waals surface area contributed by atoms with E-state index in [2.05, 4.69) is 336 Å². The zero-order chi connectivity index (χ0) is 54.8. The molecule has 388 valence electrons. The van der Waals surface area contributed by atoms with Crippen LogP contribution in [0.4, 0.5) is 34.1 Å². The van der Waals surface area contributed by atoms with E-state index < -0.39 is 0 Å². The molecule has 0 amide bonds. The van der Waals surface area contributed by atoms with E-state index in [1.807, 2.05) is 0 Å². The molecule has 0 aliphatic heterocycles. The molecule has 0 fully saturated rings. The Morgan fingerprint density at radius 2 is 0.651 bits per heavy atom. The minimum Gasteiger partial charge on any atom is -0.311 e. The summed E-state index contributed by atoms with van der Waals surface area (Å²) in [6.07, 6.45) is 0. The Balaban J connectivity index is 0.909. The van der Waals surface area contributed by atoms with E-state index >= 15 is 0 Å². The predicted octanol–water partition coefficient (Wildman–Crippen LogP) is 22.5. The third-order valence-corrected chi connectivity index (χ3v) is 16.9. The SMILES string of the molecule is c1ccc(-c2ccc(N(c3ccc(-c4cccc5ccccc45)cc3)c3ccc4c(c3)c3cc(-c5ccc(N(c6ccccc6)c6ccccc6)cc5)ccc3n4-c3ccc4c5ccccc5c5ccccc5c4c3)c3ccccc23)cc1. The molecule has 16 rings (SSSR count). The Morgan fingerprint density at radius 3 is 1.31 bits per heavy atom. The maximum Gasteiger partial charge on any atom is 0.0542 e. The summed E-state index contributed by atoms with van der Waals surface area (Å²) in [5.41, 5.74) is 17.1. The van der Waals surface area contributed by atoms with Crippen LogP contribution in [-0.2, 0) is 0 Å². The maximum absolute atomic E-state index is 2.48. The summed E-state index contributed by atoms with van der Waals surface area (Å²) >= 11 is 0. The molecule has 0 aliphatic carbocycles. The highest BCUT2D eigenvalue weighted by Gasteiger charge is 2.22. The normalized spacial score (nSPS) is 11.6. The first-order valence-electron chi connectivity index (χ1n) is 28.6. The molecule has 1 aromatic heterocycles. The van der Waals surface area contributed by atoms with Crippen LogP contribution in [0.5, 0.6) is 0 Å². The van der Waals surface area contributed by atoms with Crippen LogP contribution in [0.15, 0.2) is 322 Å². The number of hydrogen-bond acceptors (Lipinski definition) is 2. The van der Waals surface area contributed by atoms with Crippen molar-refractivity contribution < 1.29 is 0 Å². The molecular weight excluding hydrogens is 1000 g/mol. The summed E-state index contributed by atoms with van der Waals surface area (Å²) < 4.78 is 2.48. The lowest BCUT2D eigenvalue weighted by atomic mass is 9.94. The van der Waals surface area contributed by atoms with Gasteiger partial charge in [-0.25, -0.2) is 0 Å². The number of rotatable bonds is 10. The van der Waals surface area contributed by atoms with E-state index in [1.54, 1.807) is 0 Å². The Hall–Kier alpha value is -11.0. The van der Waals surface area contributed by atoms with Crippen LogP contribution >= 0.6 is 0 Å². The Bertz CT molecular complexity index is 5040. The van der Waals surface area contributed by atoms with E-state index in [1.165, 1.54) is 86.9 Å². The van der Waals surface area contributed by atoms with E-state index in [4.69, 9.17) is 0 Å². The first-order valence-corrected chi connectivity index (χ1v) is 28.6. The average Bonchev–Trinajstić information content (AvgIpc) is 3.89. The maximum atomic E-state index is 2.48. The topological polar surface area (TPSA) is 11.4 Å². The van der Waals surface area contributed by atoms with E-state index in [-0.39, 0.29) is 0 Å². The molecule has 0 saturated heterocycles. The highest BCUT2D eigenvalue weighted by molar-refractivity contribution is 6.26. The van der Waals surface area contributed by atoms with Crippen LogP contribution < -0.4 is 9.80 Å². The molecule has 0 N–H and O–H groups in total. The van der Waals surface area contributed by atoms with Crippen molar-refractivity contribution >= 4 is 110 Å². The van der Waals surface area contributed by atoms with Crippen molar-refractivity contribution in [2.75, 3.05) is 9.80 Å². The van der Waals surface area contributed by atoms with E-state index in [0.717, 1.165) is 62.0 Å². The molecule has 3 heteroatoms. The Morgan fingerprint density at radius 1 is 0.205 bits per heavy atom. The van der Waals surface area contributed by atoms with Gasteiger partial charge in [-0.05, 0) is 179 Å². The zero-order valence-corrected chi connectivity index (χ0v) is 45.4. The smallest absolute Gasteiger partial charge is 0.0542 e. The number of benzene rings is 15. The van der Waals surface area contributed by atoms with Crippen molar-refractivity contribution in [1.82, 2.24) is 4.57 Å². The van der Waals surface area contributed by atoms with Crippen LogP contribution in [0.2, 0.25) is 0 Å². The van der Waals surface area contributed by atoms with Crippen molar-refractivity contribution in [3.8, 4) is 39.1 Å². The fourth-order valence-electron chi connectivity index (χ4n) is 13.1. The van der Waals surface area contributed by atoms with Gasteiger partial charge in [0.05, 0.1) is 16.7 Å². The average molecular weight is 1060 g/mol. The third kappa shape index (κ3) is 8.20. The lowest BCUT2D eigenvalue weighted by Gasteiger charge is -2.28. The summed E-state index contributed by atoms with van der Waals surface area (Å²) in [6.45, 7) is 0. The number of anilines is 6. The number of nitrogens with zero attached hydrogens (tertiary/aromatic N) is 3. The molecule has 3 nitrogen and oxygen atoms in total. The minimum absolute atomic E-state index is 1.07. The Labute approximate surface area is 482 Å². The van der Waals surface area contributed by atoms with E-state index in [9.17, 15) is 0 Å². The van der Waals surface area contributed by atoms with Crippen LogP contribution in [0.25, 0.3) is 115 Å². The van der Waals surface area contributed by atoms with Crippen LogP contribution in [0.3, 0.4) is 0 Å². The highest BCUT2D eigenvalue weighted by Crippen LogP contribution is 2.46. The van der Waals surface area contributed by atoms with Gasteiger partial charge < -0.3 is 14.4 Å². The van der Waals surface area contributed by atoms with Gasteiger partial charge in [-0.2, -0.15) is 0 Å². The van der Waals surface area contributed by atoms with Gasteiger partial charge in [0.2, 0.25) is 0 Å². The monoisotopic (exact) mass is 1060 g/mol. The molecule has 0 bridgehead atoms. The predicted molar refractivity (Wildman–Crippen MR) is 354 cm³/mol. The van der Waals surface area contributed by atoms with Gasteiger partial charge in [-0.15, -0.1) is 0 Å². The second-order valence-electron chi connectivity index (χ2n) is 21.6. The number of hydrogen-bond donors (Lipinski definition) is 0. The van der Waals surface area contributed by atoms with E-state index in [0.29, 0.717) is 0 Å². The summed E-state index contributed by atoms with van der Waals surface area (Å²) in [4.78, 5) is 4.78. The van der Waals surface area contributed by atoms with Gasteiger partial charge in [-0.1, -0.05) is 224 Å².